The number of hydrogen-bond acceptors (Lipinski definition) is 2. The van der Waals surface area contributed by atoms with Gasteiger partial charge in [0.1, 0.15) is 0 Å². The fourth-order valence-electron chi connectivity index (χ4n) is 2.24. The summed E-state index contributed by atoms with van der Waals surface area (Å²) in [5, 5.41) is 3.39. The topological polar surface area (TPSA) is 21.3 Å². The number of hydrogen-bond donors (Lipinski definition) is 1. The van der Waals surface area contributed by atoms with E-state index in [2.05, 4.69) is 39.4 Å². The Kier molecular flexibility index (Phi) is 5.49. The monoisotopic (exact) mass is 297 g/mol. The largest absolute Gasteiger partial charge is 0.377 e. The maximum Gasteiger partial charge on any atom is 0.0717 e. The molecule has 0 amide bonds. The predicted octanol–water partition coefficient (Wildman–Crippen LogP) is 3.36. The van der Waals surface area contributed by atoms with E-state index >= 15 is 0 Å². The third-order valence-electron chi connectivity index (χ3n) is 3.29. The smallest absolute Gasteiger partial charge is 0.0717 e. The van der Waals surface area contributed by atoms with Crippen LogP contribution in [0.3, 0.4) is 0 Å². The normalized spacial score (nSPS) is 17.2. The molecule has 1 fully saturated rings. The van der Waals surface area contributed by atoms with Crippen LogP contribution in [0.25, 0.3) is 0 Å². The zero-order valence-corrected chi connectivity index (χ0v) is 11.7. The first kappa shape index (κ1) is 13.1. The zero-order chi connectivity index (χ0) is 11.9. The van der Waals surface area contributed by atoms with Crippen LogP contribution in [0.1, 0.15) is 24.8 Å². The highest BCUT2D eigenvalue weighted by Gasteiger charge is 2.12. The summed E-state index contributed by atoms with van der Waals surface area (Å²) in [6.07, 6.45) is 3.82. The highest BCUT2D eigenvalue weighted by molar-refractivity contribution is 9.10. The minimum absolute atomic E-state index is 0.727. The van der Waals surface area contributed by atoms with Crippen LogP contribution in [-0.2, 0) is 11.3 Å². The number of rotatable bonds is 5. The van der Waals surface area contributed by atoms with Gasteiger partial charge >= 0.3 is 0 Å². The summed E-state index contributed by atoms with van der Waals surface area (Å²) in [5.41, 5.74) is 1.24. The van der Waals surface area contributed by atoms with Gasteiger partial charge in [-0.25, -0.2) is 0 Å². The molecule has 0 saturated carbocycles. The van der Waals surface area contributed by atoms with Gasteiger partial charge in [0.15, 0.2) is 0 Å². The molecule has 0 radical (unpaired) electrons. The Balaban J connectivity index is 1.62. The molecular weight excluding hydrogens is 278 g/mol. The van der Waals surface area contributed by atoms with Crippen molar-refractivity contribution in [3.63, 3.8) is 0 Å². The Bertz CT molecular complexity index is 337. The molecule has 3 heteroatoms. The minimum atomic E-state index is 0.727. The highest BCUT2D eigenvalue weighted by atomic mass is 79.9. The van der Waals surface area contributed by atoms with E-state index in [1.165, 1.54) is 37.9 Å². The highest BCUT2D eigenvalue weighted by Crippen LogP contribution is 2.16. The van der Waals surface area contributed by atoms with Gasteiger partial charge in [-0.2, -0.15) is 0 Å². The van der Waals surface area contributed by atoms with E-state index in [-0.39, 0.29) is 0 Å². The minimum Gasteiger partial charge on any atom is -0.377 e. The van der Waals surface area contributed by atoms with Crippen LogP contribution in [0, 0.1) is 5.92 Å². The molecule has 1 saturated heterocycles. The molecular formula is C14H20BrNO. The van der Waals surface area contributed by atoms with Gasteiger partial charge < -0.3 is 10.1 Å². The Hall–Kier alpha value is -0.380. The van der Waals surface area contributed by atoms with Crippen molar-refractivity contribution >= 4 is 15.9 Å². The standard InChI is InChI=1S/C14H20BrNO/c15-14-3-1-2-13(10-14)11-17-9-6-12-4-7-16-8-5-12/h1-3,10,12,16H,4-9,11H2. The van der Waals surface area contributed by atoms with Crippen LogP contribution in [0.15, 0.2) is 28.7 Å². The Morgan fingerprint density at radius 3 is 2.88 bits per heavy atom. The van der Waals surface area contributed by atoms with E-state index in [1.54, 1.807) is 0 Å². The molecule has 2 nitrogen and oxygen atoms in total. The first-order valence-electron chi connectivity index (χ1n) is 6.37. The van der Waals surface area contributed by atoms with Crippen LogP contribution in [0.4, 0.5) is 0 Å². The molecule has 0 aliphatic carbocycles. The number of benzene rings is 1. The van der Waals surface area contributed by atoms with Gasteiger partial charge in [0.05, 0.1) is 6.61 Å². The summed E-state index contributed by atoms with van der Waals surface area (Å²) in [7, 11) is 0. The molecule has 1 N–H and O–H groups in total. The first-order chi connectivity index (χ1) is 8.34. The second-order valence-corrected chi connectivity index (χ2v) is 5.58. The van der Waals surface area contributed by atoms with Crippen molar-refractivity contribution in [2.24, 2.45) is 5.92 Å². The molecule has 17 heavy (non-hydrogen) atoms. The van der Waals surface area contributed by atoms with Crippen molar-refractivity contribution in [2.45, 2.75) is 25.9 Å². The van der Waals surface area contributed by atoms with E-state index in [0.717, 1.165) is 23.6 Å². The third-order valence-corrected chi connectivity index (χ3v) is 3.78. The van der Waals surface area contributed by atoms with Crippen molar-refractivity contribution in [1.82, 2.24) is 5.32 Å². The van der Waals surface area contributed by atoms with E-state index in [0.29, 0.717) is 0 Å². The molecule has 94 valence electrons. The van der Waals surface area contributed by atoms with Gasteiger partial charge in [0.25, 0.3) is 0 Å². The van der Waals surface area contributed by atoms with E-state index < -0.39 is 0 Å². The van der Waals surface area contributed by atoms with E-state index in [1.807, 2.05) is 6.07 Å². The van der Waals surface area contributed by atoms with Crippen LogP contribution < -0.4 is 5.32 Å². The Morgan fingerprint density at radius 1 is 1.29 bits per heavy atom. The second-order valence-electron chi connectivity index (χ2n) is 4.66. The average molecular weight is 298 g/mol. The van der Waals surface area contributed by atoms with Gasteiger partial charge in [0.2, 0.25) is 0 Å². The van der Waals surface area contributed by atoms with E-state index in [4.69, 9.17) is 4.74 Å². The summed E-state index contributed by atoms with van der Waals surface area (Å²) < 4.78 is 6.86. The lowest BCUT2D eigenvalue weighted by Gasteiger charge is -2.22. The molecule has 1 aromatic carbocycles. The lowest BCUT2D eigenvalue weighted by Crippen LogP contribution is -2.28. The SMILES string of the molecule is Brc1cccc(COCCC2CCNCC2)c1. The van der Waals surface area contributed by atoms with Gasteiger partial charge in [-0.15, -0.1) is 0 Å². The molecule has 1 aliphatic rings. The van der Waals surface area contributed by atoms with Crippen molar-refractivity contribution in [3.8, 4) is 0 Å². The first-order valence-corrected chi connectivity index (χ1v) is 7.17. The molecule has 0 unspecified atom stereocenters. The fraction of sp³-hybridized carbons (Fsp3) is 0.571. The summed E-state index contributed by atoms with van der Waals surface area (Å²) >= 11 is 3.47. The van der Waals surface area contributed by atoms with Gasteiger partial charge in [-0.3, -0.25) is 0 Å². The van der Waals surface area contributed by atoms with Crippen LogP contribution in [-0.4, -0.2) is 19.7 Å². The lowest BCUT2D eigenvalue weighted by atomic mass is 9.95. The molecule has 0 aromatic heterocycles. The summed E-state index contributed by atoms with van der Waals surface area (Å²) in [5.74, 6) is 0.860. The predicted molar refractivity (Wildman–Crippen MR) is 74.0 cm³/mol. The molecule has 1 aromatic rings. The Morgan fingerprint density at radius 2 is 2.12 bits per heavy atom. The number of ether oxygens (including phenoxy) is 1. The zero-order valence-electron chi connectivity index (χ0n) is 10.1. The number of halogens is 1. The van der Waals surface area contributed by atoms with Gasteiger partial charge in [-0.1, -0.05) is 28.1 Å². The fourth-order valence-corrected chi connectivity index (χ4v) is 2.68. The van der Waals surface area contributed by atoms with Crippen LogP contribution in [0.5, 0.6) is 0 Å². The number of nitrogens with one attached hydrogen (secondary N) is 1. The van der Waals surface area contributed by atoms with Crippen molar-refractivity contribution in [3.05, 3.63) is 34.3 Å². The second kappa shape index (κ2) is 7.14. The van der Waals surface area contributed by atoms with Crippen LogP contribution >= 0.6 is 15.9 Å². The summed E-state index contributed by atoms with van der Waals surface area (Å²) in [4.78, 5) is 0. The summed E-state index contributed by atoms with van der Waals surface area (Å²) in [6, 6.07) is 8.31. The quantitative estimate of drug-likeness (QED) is 0.842. The van der Waals surface area contributed by atoms with Gasteiger partial charge in [-0.05, 0) is 56.0 Å². The summed E-state index contributed by atoms with van der Waals surface area (Å²) in [6.45, 7) is 3.97. The molecule has 2 rings (SSSR count). The molecule has 0 bridgehead atoms. The average Bonchev–Trinajstić information content (AvgIpc) is 2.36. The lowest BCUT2D eigenvalue weighted by molar-refractivity contribution is 0.103. The number of piperidine rings is 1. The molecule has 1 heterocycles. The van der Waals surface area contributed by atoms with Crippen molar-refractivity contribution in [2.75, 3.05) is 19.7 Å². The molecule has 1 aliphatic heterocycles. The molecule has 0 atom stereocenters. The van der Waals surface area contributed by atoms with Crippen molar-refractivity contribution < 1.29 is 4.74 Å². The van der Waals surface area contributed by atoms with Crippen LogP contribution in [0.2, 0.25) is 0 Å². The van der Waals surface area contributed by atoms with Gasteiger partial charge in [0, 0.05) is 11.1 Å². The maximum atomic E-state index is 5.74. The third kappa shape index (κ3) is 4.78. The maximum absolute atomic E-state index is 5.74. The van der Waals surface area contributed by atoms with E-state index in [9.17, 15) is 0 Å². The molecule has 0 spiro atoms. The Labute approximate surface area is 112 Å². The van der Waals surface area contributed by atoms with Crippen molar-refractivity contribution in [1.29, 1.82) is 0 Å².